The van der Waals surface area contributed by atoms with Gasteiger partial charge < -0.3 is 14.4 Å². The summed E-state index contributed by atoms with van der Waals surface area (Å²) in [7, 11) is 7.83. The van der Waals surface area contributed by atoms with Gasteiger partial charge in [-0.15, -0.1) is 0 Å². The van der Waals surface area contributed by atoms with Crippen LogP contribution in [0.3, 0.4) is 0 Å². The van der Waals surface area contributed by atoms with E-state index in [1.807, 2.05) is 12.4 Å². The average molecular weight is 585 g/mol. The molecule has 1 heterocycles. The molecule has 0 spiro atoms. The molecule has 2 aliphatic carbocycles. The summed E-state index contributed by atoms with van der Waals surface area (Å²) < 4.78 is 11.2. The van der Waals surface area contributed by atoms with Crippen LogP contribution in [0.4, 0.5) is 0 Å². The van der Waals surface area contributed by atoms with Crippen LogP contribution in [-0.2, 0) is 25.7 Å². The van der Waals surface area contributed by atoms with Crippen LogP contribution in [-0.4, -0.2) is 44.2 Å². The first-order chi connectivity index (χ1) is 21.5. The summed E-state index contributed by atoms with van der Waals surface area (Å²) in [4.78, 5) is 6.62. The van der Waals surface area contributed by atoms with Crippen LogP contribution in [0.2, 0.25) is 0 Å². The second-order valence-electron chi connectivity index (χ2n) is 12.5. The summed E-state index contributed by atoms with van der Waals surface area (Å²) in [6, 6.07) is 28.8. The predicted octanol–water partition coefficient (Wildman–Crippen LogP) is 8.82. The van der Waals surface area contributed by atoms with E-state index in [9.17, 15) is 0 Å². The third-order valence-corrected chi connectivity index (χ3v) is 9.57. The third-order valence-electron chi connectivity index (χ3n) is 9.57. The molecule has 4 heteroatoms. The lowest BCUT2D eigenvalue weighted by Crippen LogP contribution is -2.33. The number of aromatic nitrogens is 1. The van der Waals surface area contributed by atoms with E-state index in [0.717, 1.165) is 37.2 Å². The van der Waals surface area contributed by atoms with Crippen molar-refractivity contribution in [2.24, 2.45) is 5.92 Å². The lowest BCUT2D eigenvalue weighted by atomic mass is 9.80. The van der Waals surface area contributed by atoms with Gasteiger partial charge in [0.25, 0.3) is 0 Å². The van der Waals surface area contributed by atoms with Crippen molar-refractivity contribution < 1.29 is 9.47 Å². The van der Waals surface area contributed by atoms with Gasteiger partial charge in [-0.1, -0.05) is 73.7 Å². The van der Waals surface area contributed by atoms with Crippen molar-refractivity contribution in [2.75, 3.05) is 28.3 Å². The summed E-state index contributed by atoms with van der Waals surface area (Å²) in [5.74, 6) is 2.45. The highest BCUT2D eigenvalue weighted by atomic mass is 16.5. The molecule has 226 valence electrons. The molecule has 1 aromatic heterocycles. The number of benzene rings is 4. The molecule has 0 aliphatic heterocycles. The third kappa shape index (κ3) is 5.96. The molecule has 5 aromatic rings. The Bertz CT molecular complexity index is 1740. The second-order valence-corrected chi connectivity index (χ2v) is 12.5. The van der Waals surface area contributed by atoms with Crippen molar-refractivity contribution >= 4 is 10.8 Å². The van der Waals surface area contributed by atoms with Crippen LogP contribution in [0, 0.1) is 5.92 Å². The summed E-state index contributed by atoms with van der Waals surface area (Å²) in [6.07, 6.45) is 10.8. The molecule has 4 aromatic carbocycles. The summed E-state index contributed by atoms with van der Waals surface area (Å²) in [5.41, 5.74) is 11.1. The summed E-state index contributed by atoms with van der Waals surface area (Å²) in [5, 5.41) is 2.51. The summed E-state index contributed by atoms with van der Waals surface area (Å²) in [6.45, 7) is 2.31. The Morgan fingerprint density at radius 3 is 2.27 bits per heavy atom. The first-order valence-electron chi connectivity index (χ1n) is 15.9. The fourth-order valence-electron chi connectivity index (χ4n) is 7.16. The Kier molecular flexibility index (Phi) is 8.99. The minimum atomic E-state index is 0.662. The molecule has 0 N–H and O–H groups in total. The van der Waals surface area contributed by atoms with Crippen LogP contribution < -0.4 is 9.47 Å². The van der Waals surface area contributed by atoms with Crippen molar-refractivity contribution in [2.45, 2.75) is 51.5 Å². The monoisotopic (exact) mass is 584 g/mol. The van der Waals surface area contributed by atoms with E-state index in [2.05, 4.69) is 110 Å². The lowest BCUT2D eigenvalue weighted by Gasteiger charge is -2.31. The van der Waals surface area contributed by atoms with Gasteiger partial charge in [-0.3, -0.25) is 4.98 Å². The first-order valence-corrected chi connectivity index (χ1v) is 15.9. The van der Waals surface area contributed by atoms with E-state index >= 15 is 0 Å². The average Bonchev–Trinajstić information content (AvgIpc) is 3.07. The topological polar surface area (TPSA) is 34.6 Å². The largest absolute Gasteiger partial charge is 0.493 e. The normalized spacial score (nSPS) is 17.3. The molecule has 0 amide bonds. The second kappa shape index (κ2) is 13.2. The van der Waals surface area contributed by atoms with Crippen molar-refractivity contribution in [3.8, 4) is 33.8 Å². The van der Waals surface area contributed by atoms with Crippen LogP contribution in [0.5, 0.6) is 11.5 Å². The Morgan fingerprint density at radius 1 is 0.727 bits per heavy atom. The van der Waals surface area contributed by atoms with Gasteiger partial charge in [0.05, 0.1) is 14.2 Å². The fraction of sp³-hybridized carbons (Fsp3) is 0.325. The Hall–Kier alpha value is -4.15. The number of pyridine rings is 1. The van der Waals surface area contributed by atoms with Gasteiger partial charge in [0.2, 0.25) is 0 Å². The van der Waals surface area contributed by atoms with Gasteiger partial charge in [-0.05, 0) is 115 Å². The first kappa shape index (κ1) is 29.9. The zero-order chi connectivity index (χ0) is 30.6. The SMILES string of the molecule is CN(C)C1CCc2c(cccc2-c2cccc3cnccc23)C1.COc1cc(-c2ccccc2)c2c(c1OC)CC(C)CC2. The number of rotatable bonds is 5. The highest BCUT2D eigenvalue weighted by molar-refractivity contribution is 5.97. The van der Waals surface area contributed by atoms with Crippen molar-refractivity contribution in [1.82, 2.24) is 9.88 Å². The van der Waals surface area contributed by atoms with Crippen LogP contribution in [0.25, 0.3) is 33.0 Å². The number of fused-ring (bicyclic) bond motifs is 3. The molecule has 4 nitrogen and oxygen atoms in total. The van der Waals surface area contributed by atoms with Crippen molar-refractivity contribution in [1.29, 1.82) is 0 Å². The lowest BCUT2D eigenvalue weighted by molar-refractivity contribution is 0.268. The zero-order valence-electron chi connectivity index (χ0n) is 26.8. The smallest absolute Gasteiger partial charge is 0.164 e. The van der Waals surface area contributed by atoms with Gasteiger partial charge >= 0.3 is 0 Å². The number of nitrogens with zero attached hydrogens (tertiary/aromatic N) is 2. The molecule has 0 saturated carbocycles. The Morgan fingerprint density at radius 2 is 1.50 bits per heavy atom. The summed E-state index contributed by atoms with van der Waals surface area (Å²) >= 11 is 0. The molecule has 7 rings (SSSR count). The minimum Gasteiger partial charge on any atom is -0.493 e. The Balaban J connectivity index is 0.000000157. The zero-order valence-corrected chi connectivity index (χ0v) is 26.8. The van der Waals surface area contributed by atoms with E-state index < -0.39 is 0 Å². The van der Waals surface area contributed by atoms with E-state index in [1.54, 1.807) is 14.2 Å². The predicted molar refractivity (Wildman–Crippen MR) is 183 cm³/mol. The Labute approximate surface area is 262 Å². The maximum absolute atomic E-state index is 5.65. The molecular formula is C40H44N2O2. The number of ether oxygens (including phenoxy) is 2. The molecule has 0 radical (unpaired) electrons. The number of methoxy groups -OCH3 is 2. The minimum absolute atomic E-state index is 0.662. The van der Waals surface area contributed by atoms with Crippen LogP contribution in [0.15, 0.2) is 91.3 Å². The highest BCUT2D eigenvalue weighted by Crippen LogP contribution is 2.44. The fourth-order valence-corrected chi connectivity index (χ4v) is 7.16. The van der Waals surface area contributed by atoms with Gasteiger partial charge in [-0.2, -0.15) is 0 Å². The molecule has 0 saturated heterocycles. The quantitative estimate of drug-likeness (QED) is 0.207. The standard InChI is InChI=1S/C21H22N2.C19H22O2/c1-23(2)17-9-10-18-15(13-17)5-3-7-20(18)21-8-4-6-16-14-22-12-11-19(16)21;1-13-9-10-15-16(14-7-5-4-6-8-14)12-18(20-2)19(21-3)17(15)11-13/h3-8,11-12,14,17H,9-10,13H2,1-2H3;4-8,12-13H,9-11H2,1-3H3. The molecular weight excluding hydrogens is 540 g/mol. The van der Waals surface area contributed by atoms with Gasteiger partial charge in [0.15, 0.2) is 11.5 Å². The van der Waals surface area contributed by atoms with Crippen molar-refractivity contribution in [3.05, 3.63) is 114 Å². The molecule has 2 aliphatic rings. The highest BCUT2D eigenvalue weighted by Gasteiger charge is 2.26. The molecule has 2 atom stereocenters. The van der Waals surface area contributed by atoms with Crippen LogP contribution >= 0.6 is 0 Å². The van der Waals surface area contributed by atoms with Gasteiger partial charge in [-0.25, -0.2) is 0 Å². The maximum atomic E-state index is 5.65. The maximum Gasteiger partial charge on any atom is 0.164 e. The van der Waals surface area contributed by atoms with Gasteiger partial charge in [0.1, 0.15) is 0 Å². The number of hydrogen-bond acceptors (Lipinski definition) is 4. The van der Waals surface area contributed by atoms with E-state index in [1.165, 1.54) is 68.1 Å². The van der Waals surface area contributed by atoms with E-state index in [4.69, 9.17) is 9.47 Å². The van der Waals surface area contributed by atoms with E-state index in [-0.39, 0.29) is 0 Å². The van der Waals surface area contributed by atoms with Gasteiger partial charge in [0, 0.05) is 29.4 Å². The van der Waals surface area contributed by atoms with Crippen LogP contribution in [0.1, 0.15) is 42.0 Å². The van der Waals surface area contributed by atoms with E-state index in [0.29, 0.717) is 12.0 Å². The molecule has 0 bridgehead atoms. The number of hydrogen-bond donors (Lipinski definition) is 0. The molecule has 2 unspecified atom stereocenters. The molecule has 44 heavy (non-hydrogen) atoms. The molecule has 0 fully saturated rings. The number of likely N-dealkylation sites (N-methyl/N-ethyl adjacent to an activating group) is 1. The van der Waals surface area contributed by atoms with Crippen molar-refractivity contribution in [3.63, 3.8) is 0 Å².